The maximum Gasteiger partial charge on any atom is 0.269 e. The summed E-state index contributed by atoms with van der Waals surface area (Å²) in [6.45, 7) is 1.74. The van der Waals surface area contributed by atoms with Crippen LogP contribution in [-0.4, -0.2) is 36.2 Å². The van der Waals surface area contributed by atoms with Crippen LogP contribution in [0.25, 0.3) is 5.78 Å². The molecule has 0 aliphatic rings. The predicted molar refractivity (Wildman–Crippen MR) is 90.8 cm³/mol. The van der Waals surface area contributed by atoms with Gasteiger partial charge in [-0.1, -0.05) is 11.8 Å². The van der Waals surface area contributed by atoms with Gasteiger partial charge in [0.25, 0.3) is 11.2 Å². The molecule has 25 heavy (non-hydrogen) atoms. The Labute approximate surface area is 144 Å². The summed E-state index contributed by atoms with van der Waals surface area (Å²) < 4.78 is 1.64. The molecule has 2 aromatic heterocycles. The number of nitro groups is 1. The molecule has 11 heteroatoms. The van der Waals surface area contributed by atoms with Crippen molar-refractivity contribution in [2.45, 2.75) is 12.1 Å². The SMILES string of the molecule is Cc1cc(=O)[nH]c2nnc(SCC(=O)Nc3ccc([N+](=O)[O-])cc3)n12. The smallest absolute Gasteiger partial charge is 0.269 e. The van der Waals surface area contributed by atoms with E-state index in [1.54, 1.807) is 11.3 Å². The van der Waals surface area contributed by atoms with Gasteiger partial charge in [-0.2, -0.15) is 0 Å². The van der Waals surface area contributed by atoms with Crippen molar-refractivity contribution in [2.24, 2.45) is 0 Å². The van der Waals surface area contributed by atoms with Gasteiger partial charge in [0, 0.05) is 29.6 Å². The van der Waals surface area contributed by atoms with Crippen LogP contribution in [0.4, 0.5) is 11.4 Å². The zero-order valence-corrected chi connectivity index (χ0v) is 13.7. The Bertz CT molecular complexity index is 1010. The molecule has 0 aliphatic heterocycles. The van der Waals surface area contributed by atoms with E-state index in [1.165, 1.54) is 30.3 Å². The third-order valence-corrected chi connectivity index (χ3v) is 4.18. The number of aryl methyl sites for hydroxylation is 1. The number of carbonyl (C=O) groups excluding carboxylic acids is 1. The highest BCUT2D eigenvalue weighted by atomic mass is 32.2. The molecule has 3 rings (SSSR count). The quantitative estimate of drug-likeness (QED) is 0.398. The molecule has 0 bridgehead atoms. The molecule has 2 heterocycles. The van der Waals surface area contributed by atoms with Crippen LogP contribution >= 0.6 is 11.8 Å². The van der Waals surface area contributed by atoms with Crippen LogP contribution < -0.4 is 10.9 Å². The fourth-order valence-electron chi connectivity index (χ4n) is 2.16. The molecule has 0 saturated heterocycles. The average molecular weight is 360 g/mol. The average Bonchev–Trinajstić information content (AvgIpc) is 2.96. The number of nitrogens with one attached hydrogen (secondary N) is 2. The van der Waals surface area contributed by atoms with E-state index in [4.69, 9.17) is 0 Å². The summed E-state index contributed by atoms with van der Waals surface area (Å²) in [6, 6.07) is 6.96. The number of H-pyrrole nitrogens is 1. The number of hydrogen-bond acceptors (Lipinski definition) is 7. The topological polar surface area (TPSA) is 135 Å². The standard InChI is InChI=1S/C14H12N6O4S/c1-8-6-11(21)16-13-17-18-14(19(8)13)25-7-12(22)15-9-2-4-10(5-3-9)20(23)24/h2-6H,7H2,1H3,(H,15,22)(H,16,17,21). The highest BCUT2D eigenvalue weighted by Crippen LogP contribution is 2.19. The maximum absolute atomic E-state index is 12.0. The Kier molecular flexibility index (Phi) is 4.48. The highest BCUT2D eigenvalue weighted by Gasteiger charge is 2.12. The number of nitrogens with zero attached hydrogens (tertiary/aromatic N) is 4. The third-order valence-electron chi connectivity index (χ3n) is 3.26. The lowest BCUT2D eigenvalue weighted by Crippen LogP contribution is -2.14. The molecule has 0 aliphatic carbocycles. The van der Waals surface area contributed by atoms with E-state index in [0.29, 0.717) is 22.3 Å². The summed E-state index contributed by atoms with van der Waals surface area (Å²) in [5.74, 6) is 0.0806. The summed E-state index contributed by atoms with van der Waals surface area (Å²) in [4.78, 5) is 36.1. The number of nitro benzene ring substituents is 1. The van der Waals surface area contributed by atoms with E-state index >= 15 is 0 Å². The lowest BCUT2D eigenvalue weighted by molar-refractivity contribution is -0.384. The van der Waals surface area contributed by atoms with E-state index in [2.05, 4.69) is 20.5 Å². The molecule has 0 atom stereocenters. The predicted octanol–water partition coefficient (Wildman–Crippen LogP) is 1.37. The fourth-order valence-corrected chi connectivity index (χ4v) is 2.95. The minimum absolute atomic E-state index is 0.0493. The van der Waals surface area contributed by atoms with E-state index in [9.17, 15) is 19.7 Å². The lowest BCUT2D eigenvalue weighted by atomic mass is 10.3. The Morgan fingerprint density at radius 3 is 2.76 bits per heavy atom. The highest BCUT2D eigenvalue weighted by molar-refractivity contribution is 7.99. The Morgan fingerprint density at radius 1 is 1.36 bits per heavy atom. The van der Waals surface area contributed by atoms with Crippen molar-refractivity contribution in [3.63, 3.8) is 0 Å². The van der Waals surface area contributed by atoms with E-state index < -0.39 is 4.92 Å². The molecule has 0 fully saturated rings. The third kappa shape index (κ3) is 3.66. The second kappa shape index (κ2) is 6.73. The molecule has 0 unspecified atom stereocenters. The zero-order valence-electron chi connectivity index (χ0n) is 12.9. The second-order valence-corrected chi connectivity index (χ2v) is 6.00. The molecule has 3 aromatic rings. The summed E-state index contributed by atoms with van der Waals surface area (Å²) in [7, 11) is 0. The van der Waals surface area contributed by atoms with Crippen LogP contribution in [0.5, 0.6) is 0 Å². The van der Waals surface area contributed by atoms with Gasteiger partial charge in [0.1, 0.15) is 0 Å². The monoisotopic (exact) mass is 360 g/mol. The van der Waals surface area contributed by atoms with Gasteiger partial charge in [-0.15, -0.1) is 10.2 Å². The minimum Gasteiger partial charge on any atom is -0.325 e. The number of anilines is 1. The van der Waals surface area contributed by atoms with Crippen LogP contribution in [0.1, 0.15) is 5.69 Å². The number of fused-ring (bicyclic) bond motifs is 1. The molecular weight excluding hydrogens is 348 g/mol. The number of aromatic nitrogens is 4. The van der Waals surface area contributed by atoms with Crippen molar-refractivity contribution in [3.8, 4) is 0 Å². The maximum atomic E-state index is 12.0. The first kappa shape index (κ1) is 16.6. The van der Waals surface area contributed by atoms with E-state index in [1.807, 2.05) is 0 Å². The van der Waals surface area contributed by atoms with Gasteiger partial charge in [0.05, 0.1) is 10.7 Å². The molecule has 10 nitrogen and oxygen atoms in total. The number of benzene rings is 1. The fraction of sp³-hybridized carbons (Fsp3) is 0.143. The van der Waals surface area contributed by atoms with Crippen LogP contribution in [0.2, 0.25) is 0 Å². The van der Waals surface area contributed by atoms with Crippen molar-refractivity contribution in [3.05, 3.63) is 56.5 Å². The number of hydrogen-bond donors (Lipinski definition) is 2. The van der Waals surface area contributed by atoms with Crippen LogP contribution in [-0.2, 0) is 4.79 Å². The first-order valence-electron chi connectivity index (χ1n) is 7.06. The molecule has 0 saturated carbocycles. The van der Waals surface area contributed by atoms with Crippen molar-refractivity contribution < 1.29 is 9.72 Å². The Balaban J connectivity index is 1.66. The van der Waals surface area contributed by atoms with Crippen LogP contribution in [0, 0.1) is 17.0 Å². The number of thioether (sulfide) groups is 1. The number of aromatic amines is 1. The van der Waals surface area contributed by atoms with Crippen molar-refractivity contribution in [2.75, 3.05) is 11.1 Å². The summed E-state index contributed by atoms with van der Waals surface area (Å²) in [6.07, 6.45) is 0. The van der Waals surface area contributed by atoms with E-state index in [-0.39, 0.29) is 22.9 Å². The second-order valence-electron chi connectivity index (χ2n) is 5.06. The summed E-state index contributed by atoms with van der Waals surface area (Å²) in [5.41, 5.74) is 0.793. The largest absolute Gasteiger partial charge is 0.325 e. The van der Waals surface area contributed by atoms with Gasteiger partial charge >= 0.3 is 0 Å². The summed E-state index contributed by atoms with van der Waals surface area (Å²) >= 11 is 1.16. The number of carbonyl (C=O) groups is 1. The van der Waals surface area contributed by atoms with Crippen molar-refractivity contribution in [1.29, 1.82) is 0 Å². The molecule has 0 radical (unpaired) electrons. The molecule has 2 N–H and O–H groups in total. The molecular formula is C14H12N6O4S. The van der Waals surface area contributed by atoms with Crippen molar-refractivity contribution in [1.82, 2.24) is 19.6 Å². The first-order chi connectivity index (χ1) is 11.9. The van der Waals surface area contributed by atoms with Gasteiger partial charge in [-0.05, 0) is 19.1 Å². The van der Waals surface area contributed by atoms with Crippen LogP contribution in [0.15, 0.2) is 40.3 Å². The Hall–Kier alpha value is -3.21. The van der Waals surface area contributed by atoms with Gasteiger partial charge in [0.15, 0.2) is 5.16 Å². The van der Waals surface area contributed by atoms with Gasteiger partial charge < -0.3 is 5.32 Å². The van der Waals surface area contributed by atoms with Crippen molar-refractivity contribution >= 4 is 34.8 Å². The number of amides is 1. The minimum atomic E-state index is -0.509. The van der Waals surface area contributed by atoms with Gasteiger partial charge in [0.2, 0.25) is 11.7 Å². The number of rotatable bonds is 5. The molecule has 128 valence electrons. The number of non-ortho nitro benzene ring substituents is 1. The zero-order chi connectivity index (χ0) is 18.0. The summed E-state index contributed by atoms with van der Waals surface area (Å²) in [5, 5.41) is 21.5. The molecule has 0 spiro atoms. The van der Waals surface area contributed by atoms with Gasteiger partial charge in [-0.25, -0.2) is 0 Å². The normalized spacial score (nSPS) is 10.8. The Morgan fingerprint density at radius 2 is 2.08 bits per heavy atom. The molecule has 1 amide bonds. The van der Waals surface area contributed by atoms with Gasteiger partial charge in [-0.3, -0.25) is 29.1 Å². The molecule has 1 aromatic carbocycles. The van der Waals surface area contributed by atoms with Crippen LogP contribution in [0.3, 0.4) is 0 Å². The van der Waals surface area contributed by atoms with E-state index in [0.717, 1.165) is 11.8 Å². The first-order valence-corrected chi connectivity index (χ1v) is 8.05. The lowest BCUT2D eigenvalue weighted by Gasteiger charge is -2.05.